The molecule has 3 aromatic rings. The number of halogens is 2. The van der Waals surface area contributed by atoms with Crippen LogP contribution in [-0.2, 0) is 24.3 Å². The van der Waals surface area contributed by atoms with Gasteiger partial charge in [-0.25, -0.2) is 18.6 Å². The lowest BCUT2D eigenvalue weighted by Gasteiger charge is -2.08. The van der Waals surface area contributed by atoms with Crippen molar-refractivity contribution < 1.29 is 18.3 Å². The zero-order chi connectivity index (χ0) is 19.8. The molecule has 0 spiro atoms. The maximum atomic E-state index is 13.7. The number of rotatable bonds is 3. The Kier molecular flexibility index (Phi) is 4.97. The Morgan fingerprint density at radius 1 is 1.29 bits per heavy atom. The van der Waals surface area contributed by atoms with Crippen LogP contribution < -0.4 is 5.56 Å². The molecule has 0 N–H and O–H groups in total. The number of hydrogen-bond acceptors (Lipinski definition) is 5. The van der Waals surface area contributed by atoms with Gasteiger partial charge in [-0.2, -0.15) is 0 Å². The summed E-state index contributed by atoms with van der Waals surface area (Å²) in [4.78, 5) is 30.8. The summed E-state index contributed by atoms with van der Waals surface area (Å²) in [6.45, 7) is 1.93. The van der Waals surface area contributed by atoms with Gasteiger partial charge in [0.05, 0.1) is 5.39 Å². The highest BCUT2D eigenvalue weighted by Gasteiger charge is 2.23. The van der Waals surface area contributed by atoms with Gasteiger partial charge in [0.25, 0.3) is 5.56 Å². The number of thiophene rings is 1. The molecule has 0 atom stereocenters. The third-order valence-corrected chi connectivity index (χ3v) is 6.15. The van der Waals surface area contributed by atoms with Gasteiger partial charge in [-0.05, 0) is 31.4 Å². The van der Waals surface area contributed by atoms with Crippen molar-refractivity contribution in [3.63, 3.8) is 0 Å². The SMILES string of the molecule is Cc1c(C(=O)OCc2cccc(F)c2F)sc2nc3n(c(=O)c12)CCCCC3. The number of aromatic nitrogens is 2. The largest absolute Gasteiger partial charge is 0.457 e. The van der Waals surface area contributed by atoms with E-state index in [4.69, 9.17) is 4.74 Å². The van der Waals surface area contributed by atoms with Gasteiger partial charge in [0, 0.05) is 18.5 Å². The van der Waals surface area contributed by atoms with Crippen LogP contribution in [0.1, 0.15) is 45.9 Å². The molecule has 0 saturated carbocycles. The minimum absolute atomic E-state index is 0.0444. The first-order valence-electron chi connectivity index (χ1n) is 9.10. The summed E-state index contributed by atoms with van der Waals surface area (Å²) in [6.07, 6.45) is 3.71. The van der Waals surface area contributed by atoms with Crippen molar-refractivity contribution in [2.24, 2.45) is 0 Å². The van der Waals surface area contributed by atoms with Crippen molar-refractivity contribution in [1.82, 2.24) is 9.55 Å². The van der Waals surface area contributed by atoms with E-state index in [1.54, 1.807) is 11.5 Å². The summed E-state index contributed by atoms with van der Waals surface area (Å²) < 4.78 is 33.9. The highest BCUT2D eigenvalue weighted by atomic mass is 32.1. The molecule has 1 aromatic carbocycles. The van der Waals surface area contributed by atoms with Crippen LogP contribution in [-0.4, -0.2) is 15.5 Å². The molecule has 0 radical (unpaired) electrons. The standard InChI is InChI=1S/C20H18F2N2O3S/c1-11-15-18(23-14-8-3-2-4-9-24(14)19(15)25)28-17(11)20(26)27-10-12-6-5-7-13(21)16(12)22/h5-7H,2-4,8-10H2,1H3. The van der Waals surface area contributed by atoms with Crippen LogP contribution in [0.4, 0.5) is 8.78 Å². The molecule has 28 heavy (non-hydrogen) atoms. The lowest BCUT2D eigenvalue weighted by atomic mass is 10.2. The van der Waals surface area contributed by atoms with E-state index in [-0.39, 0.29) is 22.6 Å². The number of benzene rings is 1. The molecule has 1 aliphatic rings. The highest BCUT2D eigenvalue weighted by Crippen LogP contribution is 2.29. The smallest absolute Gasteiger partial charge is 0.349 e. The molecule has 8 heteroatoms. The first-order chi connectivity index (χ1) is 13.5. The van der Waals surface area contributed by atoms with E-state index in [1.165, 1.54) is 12.1 Å². The molecule has 0 amide bonds. The summed E-state index contributed by atoms with van der Waals surface area (Å²) in [5, 5.41) is 0.430. The minimum atomic E-state index is -1.04. The maximum absolute atomic E-state index is 13.7. The number of esters is 1. The summed E-state index contributed by atoms with van der Waals surface area (Å²) in [5.41, 5.74) is 0.338. The third kappa shape index (κ3) is 3.22. The summed E-state index contributed by atoms with van der Waals surface area (Å²) in [6, 6.07) is 3.71. The van der Waals surface area contributed by atoms with Crippen molar-refractivity contribution in [1.29, 1.82) is 0 Å². The van der Waals surface area contributed by atoms with Crippen molar-refractivity contribution in [3.8, 4) is 0 Å². The number of carbonyl (C=O) groups is 1. The molecular weight excluding hydrogens is 386 g/mol. The van der Waals surface area contributed by atoms with Gasteiger partial charge >= 0.3 is 5.97 Å². The Balaban J connectivity index is 1.66. The number of ether oxygens (including phenoxy) is 1. The van der Waals surface area contributed by atoms with E-state index in [9.17, 15) is 18.4 Å². The Morgan fingerprint density at radius 2 is 2.11 bits per heavy atom. The molecule has 5 nitrogen and oxygen atoms in total. The number of aryl methyl sites for hydroxylation is 2. The lowest BCUT2D eigenvalue weighted by molar-refractivity contribution is 0.0473. The third-order valence-electron chi connectivity index (χ3n) is 4.99. The molecule has 4 rings (SSSR count). The van der Waals surface area contributed by atoms with Crippen LogP contribution >= 0.6 is 11.3 Å². The molecule has 0 aliphatic carbocycles. The summed E-state index contributed by atoms with van der Waals surface area (Å²) in [5.74, 6) is -1.96. The summed E-state index contributed by atoms with van der Waals surface area (Å²) >= 11 is 1.10. The van der Waals surface area contributed by atoms with E-state index in [0.29, 0.717) is 22.3 Å². The van der Waals surface area contributed by atoms with Crippen molar-refractivity contribution in [2.75, 3.05) is 0 Å². The molecule has 0 bridgehead atoms. The number of carbonyl (C=O) groups excluding carboxylic acids is 1. The normalized spacial score (nSPS) is 14.0. The highest BCUT2D eigenvalue weighted by molar-refractivity contribution is 7.20. The molecule has 3 heterocycles. The molecule has 1 aliphatic heterocycles. The quantitative estimate of drug-likeness (QED) is 0.616. The van der Waals surface area contributed by atoms with Crippen LogP contribution in [0, 0.1) is 18.6 Å². The fraction of sp³-hybridized carbons (Fsp3) is 0.350. The number of fused-ring (bicyclic) bond motifs is 2. The van der Waals surface area contributed by atoms with E-state index < -0.39 is 17.6 Å². The van der Waals surface area contributed by atoms with Crippen LogP contribution in [0.25, 0.3) is 10.2 Å². The van der Waals surface area contributed by atoms with E-state index in [2.05, 4.69) is 4.98 Å². The monoisotopic (exact) mass is 404 g/mol. The zero-order valence-corrected chi connectivity index (χ0v) is 16.1. The fourth-order valence-corrected chi connectivity index (χ4v) is 4.56. The Labute approximate surface area is 163 Å². The second-order valence-corrected chi connectivity index (χ2v) is 7.82. The topological polar surface area (TPSA) is 61.2 Å². The van der Waals surface area contributed by atoms with Crippen molar-refractivity contribution in [3.05, 3.63) is 62.0 Å². The van der Waals surface area contributed by atoms with E-state index in [1.807, 2.05) is 0 Å². The molecular formula is C20H18F2N2O3S. The van der Waals surface area contributed by atoms with Crippen molar-refractivity contribution in [2.45, 2.75) is 45.8 Å². The van der Waals surface area contributed by atoms with Gasteiger partial charge in [0.1, 0.15) is 22.1 Å². The molecule has 0 saturated heterocycles. The molecule has 0 unspecified atom stereocenters. The fourth-order valence-electron chi connectivity index (χ4n) is 3.47. The van der Waals surface area contributed by atoms with Crippen LogP contribution in [0.3, 0.4) is 0 Å². The van der Waals surface area contributed by atoms with Crippen LogP contribution in [0.5, 0.6) is 0 Å². The first kappa shape index (κ1) is 18.7. The summed E-state index contributed by atoms with van der Waals surface area (Å²) in [7, 11) is 0. The first-order valence-corrected chi connectivity index (χ1v) is 9.92. The average Bonchev–Trinajstić information content (AvgIpc) is 2.85. The Morgan fingerprint density at radius 3 is 2.93 bits per heavy atom. The van der Waals surface area contributed by atoms with Gasteiger partial charge in [0.2, 0.25) is 0 Å². The van der Waals surface area contributed by atoms with E-state index in [0.717, 1.165) is 48.9 Å². The lowest BCUT2D eigenvalue weighted by Crippen LogP contribution is -2.24. The van der Waals surface area contributed by atoms with Gasteiger partial charge in [-0.1, -0.05) is 18.6 Å². The zero-order valence-electron chi connectivity index (χ0n) is 15.3. The van der Waals surface area contributed by atoms with Crippen LogP contribution in [0.2, 0.25) is 0 Å². The maximum Gasteiger partial charge on any atom is 0.349 e. The van der Waals surface area contributed by atoms with Gasteiger partial charge in [0.15, 0.2) is 11.6 Å². The minimum Gasteiger partial charge on any atom is -0.457 e. The number of hydrogen-bond donors (Lipinski definition) is 0. The van der Waals surface area contributed by atoms with Crippen molar-refractivity contribution >= 4 is 27.5 Å². The molecule has 2 aromatic heterocycles. The van der Waals surface area contributed by atoms with Crippen LogP contribution in [0.15, 0.2) is 23.0 Å². The van der Waals surface area contributed by atoms with E-state index >= 15 is 0 Å². The predicted octanol–water partition coefficient (Wildman–Crippen LogP) is 4.13. The van der Waals surface area contributed by atoms with Gasteiger partial charge in [-0.3, -0.25) is 9.36 Å². The second kappa shape index (κ2) is 7.43. The van der Waals surface area contributed by atoms with Gasteiger partial charge < -0.3 is 4.74 Å². The molecule has 0 fully saturated rings. The Bertz CT molecular complexity index is 1140. The predicted molar refractivity (Wildman–Crippen MR) is 102 cm³/mol. The average molecular weight is 404 g/mol. The number of nitrogens with zero attached hydrogens (tertiary/aromatic N) is 2. The van der Waals surface area contributed by atoms with Gasteiger partial charge in [-0.15, -0.1) is 11.3 Å². The Hall–Kier alpha value is -2.61. The second-order valence-electron chi connectivity index (χ2n) is 6.82. The molecule has 146 valence electrons.